The number of anilines is 1. The molecule has 0 aliphatic carbocycles. The van der Waals surface area contributed by atoms with E-state index in [-0.39, 0.29) is 18.3 Å². The van der Waals surface area contributed by atoms with Gasteiger partial charge in [-0.15, -0.1) is 0 Å². The molecule has 7 heteroatoms. The molecule has 2 N–H and O–H groups in total. The zero-order valence-corrected chi connectivity index (χ0v) is 16.3. The van der Waals surface area contributed by atoms with E-state index in [9.17, 15) is 14.0 Å². The van der Waals surface area contributed by atoms with E-state index in [2.05, 4.69) is 10.6 Å². The lowest BCUT2D eigenvalue weighted by molar-refractivity contribution is 0.0535. The number of amides is 2. The highest BCUT2D eigenvalue weighted by molar-refractivity contribution is 5.96. The van der Waals surface area contributed by atoms with E-state index in [1.54, 1.807) is 24.3 Å². The Balaban J connectivity index is 1.56. The first-order valence-corrected chi connectivity index (χ1v) is 9.39. The number of halogens is 1. The summed E-state index contributed by atoms with van der Waals surface area (Å²) in [4.78, 5) is 24.3. The van der Waals surface area contributed by atoms with Crippen LogP contribution < -0.4 is 10.6 Å². The second-order valence-electron chi connectivity index (χ2n) is 7.50. The van der Waals surface area contributed by atoms with Gasteiger partial charge < -0.3 is 19.8 Å². The van der Waals surface area contributed by atoms with Crippen molar-refractivity contribution in [3.8, 4) is 0 Å². The van der Waals surface area contributed by atoms with Crippen molar-refractivity contribution in [1.29, 1.82) is 0 Å². The Morgan fingerprint density at radius 2 is 1.97 bits per heavy atom. The molecule has 0 radical (unpaired) electrons. The Hall–Kier alpha value is -3.35. The number of carbonyl (C=O) groups is 2. The Morgan fingerprint density at radius 3 is 2.72 bits per heavy atom. The topological polar surface area (TPSA) is 80.6 Å². The van der Waals surface area contributed by atoms with E-state index in [0.29, 0.717) is 28.0 Å². The van der Waals surface area contributed by atoms with Gasteiger partial charge in [-0.05, 0) is 43.2 Å². The minimum Gasteiger partial charge on any atom is -0.459 e. The van der Waals surface area contributed by atoms with Crippen LogP contribution in [0.25, 0.3) is 11.0 Å². The molecule has 0 saturated carbocycles. The van der Waals surface area contributed by atoms with Gasteiger partial charge in [0.1, 0.15) is 23.8 Å². The molecule has 29 heavy (non-hydrogen) atoms. The van der Waals surface area contributed by atoms with Crippen molar-refractivity contribution in [3.05, 3.63) is 64.7 Å². The lowest BCUT2D eigenvalue weighted by atomic mass is 9.98. The summed E-state index contributed by atoms with van der Waals surface area (Å²) in [7, 11) is 0. The summed E-state index contributed by atoms with van der Waals surface area (Å²) in [6.07, 6.45) is 0. The van der Waals surface area contributed by atoms with Crippen LogP contribution >= 0.6 is 0 Å². The monoisotopic (exact) mass is 396 g/mol. The molecule has 2 aromatic carbocycles. The van der Waals surface area contributed by atoms with Gasteiger partial charge in [-0.3, -0.25) is 0 Å². The van der Waals surface area contributed by atoms with Gasteiger partial charge in [0.25, 0.3) is 0 Å². The fourth-order valence-electron chi connectivity index (χ4n) is 3.54. The molecular formula is C22H21FN2O4. The van der Waals surface area contributed by atoms with Gasteiger partial charge in [-0.1, -0.05) is 19.9 Å². The molecule has 1 aromatic heterocycles. The summed E-state index contributed by atoms with van der Waals surface area (Å²) < 4.78 is 24.5. The second kappa shape index (κ2) is 7.24. The Kier molecular flexibility index (Phi) is 4.74. The number of carbonyl (C=O) groups excluding carboxylic acids is 2. The van der Waals surface area contributed by atoms with E-state index in [0.717, 1.165) is 11.1 Å². The molecule has 3 aromatic rings. The third-order valence-corrected chi connectivity index (χ3v) is 5.12. The number of esters is 1. The minimum atomic E-state index is -0.430. The number of furan rings is 1. The SMILES string of the molecule is Cc1c([C@H](NC(=O)Nc2ccc3c(c2)C(=O)OC3)C(C)C)oc2ccc(F)cc12. The summed E-state index contributed by atoms with van der Waals surface area (Å²) in [6.45, 7) is 6.02. The van der Waals surface area contributed by atoms with Crippen LogP contribution in [0.4, 0.5) is 14.9 Å². The third kappa shape index (κ3) is 3.55. The van der Waals surface area contributed by atoms with E-state index < -0.39 is 18.0 Å². The number of benzene rings is 2. The number of fused-ring (bicyclic) bond motifs is 2. The first-order valence-electron chi connectivity index (χ1n) is 9.39. The average Bonchev–Trinajstić information content (AvgIpc) is 3.20. The quantitative estimate of drug-likeness (QED) is 0.604. The van der Waals surface area contributed by atoms with Crippen molar-refractivity contribution in [2.75, 3.05) is 5.32 Å². The van der Waals surface area contributed by atoms with Crippen molar-refractivity contribution in [3.63, 3.8) is 0 Å². The van der Waals surface area contributed by atoms with Crippen LogP contribution in [0.3, 0.4) is 0 Å². The normalized spacial score (nSPS) is 14.0. The predicted molar refractivity (Wildman–Crippen MR) is 106 cm³/mol. The van der Waals surface area contributed by atoms with Gasteiger partial charge in [0.2, 0.25) is 0 Å². The van der Waals surface area contributed by atoms with Crippen molar-refractivity contribution in [2.45, 2.75) is 33.4 Å². The molecule has 4 rings (SSSR count). The number of aryl methyl sites for hydroxylation is 1. The van der Waals surface area contributed by atoms with Crippen molar-refractivity contribution in [1.82, 2.24) is 5.32 Å². The van der Waals surface area contributed by atoms with Crippen LogP contribution in [0, 0.1) is 18.7 Å². The zero-order valence-electron chi connectivity index (χ0n) is 16.3. The molecule has 1 atom stereocenters. The zero-order chi connectivity index (χ0) is 20.7. The molecule has 0 unspecified atom stereocenters. The van der Waals surface area contributed by atoms with Crippen LogP contribution in [0.5, 0.6) is 0 Å². The van der Waals surface area contributed by atoms with Gasteiger partial charge in [0, 0.05) is 22.2 Å². The van der Waals surface area contributed by atoms with E-state index in [4.69, 9.17) is 9.15 Å². The van der Waals surface area contributed by atoms with Crippen LogP contribution in [0.2, 0.25) is 0 Å². The largest absolute Gasteiger partial charge is 0.459 e. The predicted octanol–water partition coefficient (Wildman–Crippen LogP) is 5.07. The first-order chi connectivity index (χ1) is 13.8. The fraction of sp³-hybridized carbons (Fsp3) is 0.273. The molecule has 0 fully saturated rings. The molecule has 1 aliphatic heterocycles. The summed E-state index contributed by atoms with van der Waals surface area (Å²) >= 11 is 0. The standard InChI is InChI=1S/C22H21FN2O4/c1-11(2)19(20-12(3)16-8-14(23)5-7-18(16)29-20)25-22(27)24-15-6-4-13-10-28-21(26)17(13)9-15/h4-9,11,19H,10H2,1-3H3,(H2,24,25,27)/t19-/m1/s1. The molecule has 6 nitrogen and oxygen atoms in total. The number of ether oxygens (including phenoxy) is 1. The number of hydrogen-bond donors (Lipinski definition) is 2. The molecule has 0 spiro atoms. The highest BCUT2D eigenvalue weighted by atomic mass is 19.1. The summed E-state index contributed by atoms with van der Waals surface area (Å²) in [6, 6.07) is 8.60. The smallest absolute Gasteiger partial charge is 0.338 e. The van der Waals surface area contributed by atoms with Crippen LogP contribution in [0.1, 0.15) is 47.1 Å². The second-order valence-corrected chi connectivity index (χ2v) is 7.50. The summed E-state index contributed by atoms with van der Waals surface area (Å²) in [5.41, 5.74) is 3.11. The molecule has 2 heterocycles. The Bertz CT molecular complexity index is 1120. The number of cyclic esters (lactones) is 1. The fourth-order valence-corrected chi connectivity index (χ4v) is 3.54. The summed E-state index contributed by atoms with van der Waals surface area (Å²) in [5.74, 6) is -0.114. The van der Waals surface area contributed by atoms with Gasteiger partial charge >= 0.3 is 12.0 Å². The van der Waals surface area contributed by atoms with Gasteiger partial charge in [0.15, 0.2) is 0 Å². The van der Waals surface area contributed by atoms with Crippen LogP contribution in [0.15, 0.2) is 40.8 Å². The van der Waals surface area contributed by atoms with Gasteiger partial charge in [0.05, 0.1) is 11.6 Å². The van der Waals surface area contributed by atoms with E-state index >= 15 is 0 Å². The minimum absolute atomic E-state index is 0.0276. The van der Waals surface area contributed by atoms with Gasteiger partial charge in [-0.25, -0.2) is 14.0 Å². The highest BCUT2D eigenvalue weighted by Crippen LogP contribution is 2.33. The molecule has 150 valence electrons. The highest BCUT2D eigenvalue weighted by Gasteiger charge is 2.26. The van der Waals surface area contributed by atoms with Crippen molar-refractivity contribution in [2.24, 2.45) is 5.92 Å². The van der Waals surface area contributed by atoms with E-state index in [1.807, 2.05) is 20.8 Å². The molecule has 0 saturated heterocycles. The lowest BCUT2D eigenvalue weighted by Gasteiger charge is -2.21. The molecular weight excluding hydrogens is 375 g/mol. The lowest BCUT2D eigenvalue weighted by Crippen LogP contribution is -2.35. The van der Waals surface area contributed by atoms with Crippen molar-refractivity contribution >= 4 is 28.7 Å². The molecule has 2 amide bonds. The third-order valence-electron chi connectivity index (χ3n) is 5.12. The number of rotatable bonds is 4. The Labute approximate surface area is 167 Å². The molecule has 1 aliphatic rings. The van der Waals surface area contributed by atoms with Gasteiger partial charge in [-0.2, -0.15) is 0 Å². The van der Waals surface area contributed by atoms with Crippen LogP contribution in [-0.4, -0.2) is 12.0 Å². The first kappa shape index (κ1) is 19.0. The number of urea groups is 1. The Morgan fingerprint density at radius 1 is 1.17 bits per heavy atom. The molecule has 0 bridgehead atoms. The van der Waals surface area contributed by atoms with E-state index in [1.165, 1.54) is 12.1 Å². The number of nitrogens with one attached hydrogen (secondary N) is 2. The number of hydrogen-bond acceptors (Lipinski definition) is 4. The maximum Gasteiger partial charge on any atom is 0.338 e. The maximum absolute atomic E-state index is 13.6. The average molecular weight is 396 g/mol. The van der Waals surface area contributed by atoms with Crippen LogP contribution in [-0.2, 0) is 11.3 Å². The summed E-state index contributed by atoms with van der Waals surface area (Å²) in [5, 5.41) is 6.36. The van der Waals surface area contributed by atoms with Crippen molar-refractivity contribution < 1.29 is 23.1 Å². The maximum atomic E-state index is 13.6.